The van der Waals surface area contributed by atoms with Gasteiger partial charge in [0.25, 0.3) is 10.0 Å². The number of rotatable bonds is 5. The molecule has 2 heterocycles. The highest BCUT2D eigenvalue weighted by Crippen LogP contribution is 2.25. The quantitative estimate of drug-likeness (QED) is 0.750. The molecule has 0 bridgehead atoms. The lowest BCUT2D eigenvalue weighted by Crippen LogP contribution is -2.11. The molecular formula is C15H15N3O2S2. The topological polar surface area (TPSA) is 74.8 Å². The zero-order chi connectivity index (χ0) is 15.6. The van der Waals surface area contributed by atoms with Crippen LogP contribution in [0.4, 0.5) is 5.69 Å². The van der Waals surface area contributed by atoms with Gasteiger partial charge < -0.3 is 4.98 Å². The molecule has 3 aromatic rings. The van der Waals surface area contributed by atoms with Crippen molar-refractivity contribution in [2.45, 2.75) is 17.6 Å². The molecule has 0 saturated heterocycles. The molecule has 0 amide bonds. The van der Waals surface area contributed by atoms with Gasteiger partial charge in [-0.15, -0.1) is 11.3 Å². The SMILES string of the molecule is CCc1ccc(S(=O)(=O)Nc2ccc(-c3cnc[nH]3)cc2)s1. The second-order valence-corrected chi connectivity index (χ2v) is 7.80. The number of nitrogens with zero attached hydrogens (tertiary/aromatic N) is 1. The third-order valence-corrected chi connectivity index (χ3v) is 6.30. The number of H-pyrrole nitrogens is 1. The first-order chi connectivity index (χ1) is 10.6. The molecule has 0 aliphatic rings. The van der Waals surface area contributed by atoms with E-state index >= 15 is 0 Å². The maximum atomic E-state index is 12.3. The summed E-state index contributed by atoms with van der Waals surface area (Å²) >= 11 is 1.30. The Bertz CT molecular complexity index is 851. The summed E-state index contributed by atoms with van der Waals surface area (Å²) in [5, 5.41) is 0. The van der Waals surface area contributed by atoms with E-state index in [1.165, 1.54) is 11.3 Å². The van der Waals surface area contributed by atoms with Crippen molar-refractivity contribution in [3.63, 3.8) is 0 Å². The van der Waals surface area contributed by atoms with Gasteiger partial charge in [0, 0.05) is 10.6 Å². The number of benzene rings is 1. The van der Waals surface area contributed by atoms with E-state index in [1.807, 2.05) is 25.1 Å². The Hall–Kier alpha value is -2.12. The van der Waals surface area contributed by atoms with E-state index in [9.17, 15) is 8.42 Å². The monoisotopic (exact) mass is 333 g/mol. The maximum absolute atomic E-state index is 12.3. The van der Waals surface area contributed by atoms with Crippen LogP contribution in [0.1, 0.15) is 11.8 Å². The van der Waals surface area contributed by atoms with Gasteiger partial charge in [0.2, 0.25) is 0 Å². The van der Waals surface area contributed by atoms with Gasteiger partial charge >= 0.3 is 0 Å². The van der Waals surface area contributed by atoms with Crippen molar-refractivity contribution in [1.29, 1.82) is 0 Å². The average Bonchev–Trinajstić information content (AvgIpc) is 3.19. The molecule has 2 N–H and O–H groups in total. The molecule has 0 fully saturated rings. The Morgan fingerprint density at radius 1 is 1.18 bits per heavy atom. The Kier molecular flexibility index (Phi) is 4.00. The predicted octanol–water partition coefficient (Wildman–Crippen LogP) is 3.50. The summed E-state index contributed by atoms with van der Waals surface area (Å²) in [5.74, 6) is 0. The zero-order valence-electron chi connectivity index (χ0n) is 11.9. The van der Waals surface area contributed by atoms with Crippen LogP contribution in [-0.4, -0.2) is 18.4 Å². The van der Waals surface area contributed by atoms with E-state index in [4.69, 9.17) is 0 Å². The lowest BCUT2D eigenvalue weighted by atomic mass is 10.1. The molecule has 7 heteroatoms. The number of aryl methyl sites for hydroxylation is 1. The first-order valence-electron chi connectivity index (χ1n) is 6.79. The average molecular weight is 333 g/mol. The van der Waals surface area contributed by atoms with Crippen LogP contribution in [0.5, 0.6) is 0 Å². The van der Waals surface area contributed by atoms with E-state index in [1.54, 1.807) is 30.7 Å². The fourth-order valence-electron chi connectivity index (χ4n) is 2.03. The first-order valence-corrected chi connectivity index (χ1v) is 9.09. The van der Waals surface area contributed by atoms with Crippen molar-refractivity contribution in [3.05, 3.63) is 53.8 Å². The number of hydrogen-bond acceptors (Lipinski definition) is 4. The van der Waals surface area contributed by atoms with Gasteiger partial charge in [-0.25, -0.2) is 13.4 Å². The van der Waals surface area contributed by atoms with Crippen LogP contribution in [0, 0.1) is 0 Å². The molecule has 5 nitrogen and oxygen atoms in total. The number of hydrogen-bond donors (Lipinski definition) is 2. The number of aromatic nitrogens is 2. The molecule has 0 aliphatic heterocycles. The minimum absolute atomic E-state index is 0.335. The maximum Gasteiger partial charge on any atom is 0.271 e. The molecule has 2 aromatic heterocycles. The molecule has 1 aromatic carbocycles. The zero-order valence-corrected chi connectivity index (χ0v) is 13.5. The number of sulfonamides is 1. The first kappa shape index (κ1) is 14.8. The fourth-order valence-corrected chi connectivity index (χ4v) is 4.38. The summed E-state index contributed by atoms with van der Waals surface area (Å²) in [4.78, 5) is 8.02. The number of nitrogens with one attached hydrogen (secondary N) is 2. The number of anilines is 1. The highest BCUT2D eigenvalue weighted by atomic mass is 32.2. The van der Waals surface area contributed by atoms with Crippen molar-refractivity contribution >= 4 is 27.0 Å². The van der Waals surface area contributed by atoms with Gasteiger partial charge in [-0.05, 0) is 36.2 Å². The van der Waals surface area contributed by atoms with Gasteiger partial charge in [0.15, 0.2) is 0 Å². The Balaban J connectivity index is 1.80. The smallest absolute Gasteiger partial charge is 0.271 e. The molecule has 0 saturated carbocycles. The van der Waals surface area contributed by atoms with E-state index < -0.39 is 10.0 Å². The van der Waals surface area contributed by atoms with Crippen LogP contribution < -0.4 is 4.72 Å². The summed E-state index contributed by atoms with van der Waals surface area (Å²) in [6.07, 6.45) is 4.16. The lowest BCUT2D eigenvalue weighted by molar-refractivity contribution is 0.603. The number of aromatic amines is 1. The normalized spacial score (nSPS) is 11.5. The second kappa shape index (κ2) is 5.94. The largest absolute Gasteiger partial charge is 0.345 e. The molecule has 114 valence electrons. The Labute approximate surface area is 133 Å². The lowest BCUT2D eigenvalue weighted by Gasteiger charge is -2.07. The van der Waals surface area contributed by atoms with E-state index in [0.29, 0.717) is 9.90 Å². The van der Waals surface area contributed by atoms with Gasteiger partial charge in [0.1, 0.15) is 4.21 Å². The summed E-state index contributed by atoms with van der Waals surface area (Å²) in [7, 11) is -3.52. The third-order valence-electron chi connectivity index (χ3n) is 3.20. The molecule has 0 spiro atoms. The van der Waals surface area contributed by atoms with E-state index in [-0.39, 0.29) is 0 Å². The minimum Gasteiger partial charge on any atom is -0.345 e. The molecule has 0 unspecified atom stereocenters. The molecule has 0 radical (unpaired) electrons. The van der Waals surface area contributed by atoms with Crippen LogP contribution in [0.3, 0.4) is 0 Å². The van der Waals surface area contributed by atoms with Crippen molar-refractivity contribution in [2.24, 2.45) is 0 Å². The van der Waals surface area contributed by atoms with Crippen molar-refractivity contribution in [3.8, 4) is 11.3 Å². The summed E-state index contributed by atoms with van der Waals surface area (Å²) in [6.45, 7) is 2.00. The summed E-state index contributed by atoms with van der Waals surface area (Å²) in [6, 6.07) is 10.7. The summed E-state index contributed by atoms with van der Waals surface area (Å²) in [5.41, 5.74) is 2.37. The molecule has 3 rings (SSSR count). The van der Waals surface area contributed by atoms with Crippen molar-refractivity contribution < 1.29 is 8.42 Å². The van der Waals surface area contributed by atoms with Crippen molar-refractivity contribution in [2.75, 3.05) is 4.72 Å². The van der Waals surface area contributed by atoms with E-state index in [0.717, 1.165) is 22.6 Å². The van der Waals surface area contributed by atoms with Gasteiger partial charge in [-0.2, -0.15) is 0 Å². The number of imidazole rings is 1. The van der Waals surface area contributed by atoms with Gasteiger partial charge in [0.05, 0.1) is 18.2 Å². The highest BCUT2D eigenvalue weighted by molar-refractivity contribution is 7.94. The van der Waals surface area contributed by atoms with Gasteiger partial charge in [-0.3, -0.25) is 4.72 Å². The van der Waals surface area contributed by atoms with Crippen LogP contribution in [-0.2, 0) is 16.4 Å². The highest BCUT2D eigenvalue weighted by Gasteiger charge is 2.16. The standard InChI is InChI=1S/C15H15N3O2S2/c1-2-13-7-8-15(21-13)22(19,20)18-12-5-3-11(4-6-12)14-9-16-10-17-14/h3-10,18H,2H2,1H3,(H,16,17). The van der Waals surface area contributed by atoms with Crippen LogP contribution in [0.15, 0.2) is 53.1 Å². The van der Waals surface area contributed by atoms with E-state index in [2.05, 4.69) is 14.7 Å². The van der Waals surface area contributed by atoms with Crippen molar-refractivity contribution in [1.82, 2.24) is 9.97 Å². The summed E-state index contributed by atoms with van der Waals surface area (Å²) < 4.78 is 27.6. The van der Waals surface area contributed by atoms with Crippen LogP contribution in [0.2, 0.25) is 0 Å². The van der Waals surface area contributed by atoms with Crippen LogP contribution >= 0.6 is 11.3 Å². The minimum atomic E-state index is -3.52. The number of thiophene rings is 1. The van der Waals surface area contributed by atoms with Gasteiger partial charge in [-0.1, -0.05) is 19.1 Å². The van der Waals surface area contributed by atoms with Crippen LogP contribution in [0.25, 0.3) is 11.3 Å². The molecular weight excluding hydrogens is 318 g/mol. The Morgan fingerprint density at radius 3 is 2.55 bits per heavy atom. The molecule has 22 heavy (non-hydrogen) atoms. The second-order valence-electron chi connectivity index (χ2n) is 4.72. The molecule has 0 aliphatic carbocycles. The Morgan fingerprint density at radius 2 is 1.95 bits per heavy atom. The predicted molar refractivity (Wildman–Crippen MR) is 88.5 cm³/mol. The molecule has 0 atom stereocenters. The third kappa shape index (κ3) is 3.05. The fraction of sp³-hybridized carbons (Fsp3) is 0.133.